The average Bonchev–Trinajstić information content (AvgIpc) is 2.67. The standard InChI is InChI=1S/C11H23N3O/c1-9(12)10(15)13-8-11(2,3)14-6-4-5-7-14/h9H,4-8,12H2,1-3H3,(H,13,15)/t9-/m0/s1. The second kappa shape index (κ2) is 4.94. The van der Waals surface area contributed by atoms with Crippen molar-refractivity contribution in [2.45, 2.75) is 45.2 Å². The summed E-state index contributed by atoms with van der Waals surface area (Å²) in [5.74, 6) is -0.0673. The van der Waals surface area contributed by atoms with E-state index in [9.17, 15) is 4.79 Å². The summed E-state index contributed by atoms with van der Waals surface area (Å²) in [4.78, 5) is 13.8. The van der Waals surface area contributed by atoms with E-state index in [0.717, 1.165) is 13.1 Å². The topological polar surface area (TPSA) is 58.4 Å². The normalized spacial score (nSPS) is 20.3. The summed E-state index contributed by atoms with van der Waals surface area (Å²) in [6.45, 7) is 8.99. The number of carbonyl (C=O) groups excluding carboxylic acids is 1. The number of nitrogens with two attached hydrogens (primary N) is 1. The average molecular weight is 213 g/mol. The molecule has 1 aliphatic heterocycles. The molecular weight excluding hydrogens is 190 g/mol. The lowest BCUT2D eigenvalue weighted by Gasteiger charge is -2.35. The molecule has 0 radical (unpaired) electrons. The van der Waals surface area contributed by atoms with Crippen molar-refractivity contribution in [1.82, 2.24) is 10.2 Å². The number of nitrogens with zero attached hydrogens (tertiary/aromatic N) is 1. The molecule has 0 bridgehead atoms. The quantitative estimate of drug-likeness (QED) is 0.707. The second-order valence-corrected chi connectivity index (χ2v) is 5.01. The maximum atomic E-state index is 11.3. The van der Waals surface area contributed by atoms with Gasteiger partial charge in [-0.15, -0.1) is 0 Å². The molecular formula is C11H23N3O. The van der Waals surface area contributed by atoms with E-state index in [0.29, 0.717) is 6.54 Å². The van der Waals surface area contributed by atoms with Crippen LogP contribution < -0.4 is 11.1 Å². The Kier molecular flexibility index (Phi) is 4.11. The fourth-order valence-electron chi connectivity index (χ4n) is 1.90. The summed E-state index contributed by atoms with van der Waals surface area (Å²) in [5.41, 5.74) is 5.54. The molecule has 15 heavy (non-hydrogen) atoms. The third-order valence-electron chi connectivity index (χ3n) is 3.07. The molecule has 1 saturated heterocycles. The van der Waals surface area contributed by atoms with Crippen molar-refractivity contribution in [3.05, 3.63) is 0 Å². The molecule has 1 rings (SSSR count). The molecule has 0 saturated carbocycles. The lowest BCUT2D eigenvalue weighted by atomic mass is 10.0. The Morgan fingerprint density at radius 2 is 2.00 bits per heavy atom. The van der Waals surface area contributed by atoms with Crippen LogP contribution in [0.4, 0.5) is 0 Å². The summed E-state index contributed by atoms with van der Waals surface area (Å²) in [6.07, 6.45) is 2.54. The Hall–Kier alpha value is -0.610. The van der Waals surface area contributed by atoms with Crippen LogP contribution in [0, 0.1) is 0 Å². The predicted molar refractivity (Wildman–Crippen MR) is 61.5 cm³/mol. The highest BCUT2D eigenvalue weighted by atomic mass is 16.2. The van der Waals surface area contributed by atoms with Crippen LogP contribution in [0.1, 0.15) is 33.6 Å². The van der Waals surface area contributed by atoms with Crippen LogP contribution in [0.15, 0.2) is 0 Å². The van der Waals surface area contributed by atoms with Crippen LogP contribution in [0.3, 0.4) is 0 Å². The van der Waals surface area contributed by atoms with Gasteiger partial charge in [-0.3, -0.25) is 9.69 Å². The van der Waals surface area contributed by atoms with Crippen LogP contribution in [-0.4, -0.2) is 42.0 Å². The van der Waals surface area contributed by atoms with Crippen LogP contribution >= 0.6 is 0 Å². The van der Waals surface area contributed by atoms with Gasteiger partial charge in [-0.25, -0.2) is 0 Å². The van der Waals surface area contributed by atoms with Gasteiger partial charge in [0.15, 0.2) is 0 Å². The number of hydrogen-bond acceptors (Lipinski definition) is 3. The number of hydrogen-bond donors (Lipinski definition) is 2. The zero-order valence-corrected chi connectivity index (χ0v) is 10.0. The van der Waals surface area contributed by atoms with Gasteiger partial charge in [0.1, 0.15) is 0 Å². The van der Waals surface area contributed by atoms with E-state index in [2.05, 4.69) is 24.1 Å². The van der Waals surface area contributed by atoms with Gasteiger partial charge in [-0.05, 0) is 46.7 Å². The van der Waals surface area contributed by atoms with Crippen molar-refractivity contribution in [3.63, 3.8) is 0 Å². The summed E-state index contributed by atoms with van der Waals surface area (Å²) >= 11 is 0. The number of rotatable bonds is 4. The SMILES string of the molecule is C[C@H](N)C(=O)NCC(C)(C)N1CCCC1. The zero-order valence-electron chi connectivity index (χ0n) is 10.0. The van der Waals surface area contributed by atoms with Crippen molar-refractivity contribution in [2.24, 2.45) is 5.73 Å². The first kappa shape index (κ1) is 12.5. The molecule has 0 aromatic heterocycles. The molecule has 1 heterocycles. The number of carbonyl (C=O) groups is 1. The molecule has 1 amide bonds. The molecule has 1 atom stereocenters. The highest BCUT2D eigenvalue weighted by Gasteiger charge is 2.29. The molecule has 0 unspecified atom stereocenters. The summed E-state index contributed by atoms with van der Waals surface area (Å²) in [7, 11) is 0. The first-order chi connectivity index (χ1) is 6.93. The van der Waals surface area contributed by atoms with Gasteiger partial charge in [-0.2, -0.15) is 0 Å². The van der Waals surface area contributed by atoms with E-state index in [1.54, 1.807) is 6.92 Å². The number of amides is 1. The Balaban J connectivity index is 2.38. The minimum atomic E-state index is -0.417. The summed E-state index contributed by atoms with van der Waals surface area (Å²) < 4.78 is 0. The molecule has 4 nitrogen and oxygen atoms in total. The molecule has 0 aromatic rings. The lowest BCUT2D eigenvalue weighted by molar-refractivity contribution is -0.122. The van der Waals surface area contributed by atoms with Crippen molar-refractivity contribution < 1.29 is 4.79 Å². The van der Waals surface area contributed by atoms with Gasteiger partial charge >= 0.3 is 0 Å². The lowest BCUT2D eigenvalue weighted by Crippen LogP contribution is -2.52. The number of nitrogens with one attached hydrogen (secondary N) is 1. The Bertz CT molecular complexity index is 220. The zero-order chi connectivity index (χ0) is 11.5. The van der Waals surface area contributed by atoms with Crippen LogP contribution in [0.2, 0.25) is 0 Å². The molecule has 0 aliphatic carbocycles. The molecule has 4 heteroatoms. The molecule has 88 valence electrons. The smallest absolute Gasteiger partial charge is 0.236 e. The van der Waals surface area contributed by atoms with E-state index < -0.39 is 6.04 Å². The molecule has 1 fully saturated rings. The van der Waals surface area contributed by atoms with Crippen LogP contribution in [0.25, 0.3) is 0 Å². The fraction of sp³-hybridized carbons (Fsp3) is 0.909. The van der Waals surface area contributed by atoms with Gasteiger partial charge in [0, 0.05) is 12.1 Å². The maximum absolute atomic E-state index is 11.3. The Labute approximate surface area is 92.2 Å². The third-order valence-corrected chi connectivity index (χ3v) is 3.07. The van der Waals surface area contributed by atoms with E-state index >= 15 is 0 Å². The number of likely N-dealkylation sites (tertiary alicyclic amines) is 1. The largest absolute Gasteiger partial charge is 0.353 e. The Morgan fingerprint density at radius 3 is 2.47 bits per heavy atom. The highest BCUT2D eigenvalue weighted by molar-refractivity contribution is 5.81. The summed E-state index contributed by atoms with van der Waals surface area (Å²) in [5, 5.41) is 2.89. The van der Waals surface area contributed by atoms with Gasteiger partial charge in [0.25, 0.3) is 0 Å². The minimum absolute atomic E-state index is 0.0427. The second-order valence-electron chi connectivity index (χ2n) is 5.01. The van der Waals surface area contributed by atoms with Crippen LogP contribution in [0.5, 0.6) is 0 Å². The van der Waals surface area contributed by atoms with Crippen molar-refractivity contribution >= 4 is 5.91 Å². The van der Waals surface area contributed by atoms with Crippen molar-refractivity contribution in [3.8, 4) is 0 Å². The first-order valence-electron chi connectivity index (χ1n) is 5.72. The van der Waals surface area contributed by atoms with Crippen molar-refractivity contribution in [1.29, 1.82) is 0 Å². The third kappa shape index (κ3) is 3.47. The van der Waals surface area contributed by atoms with Gasteiger partial charge in [-0.1, -0.05) is 0 Å². The Morgan fingerprint density at radius 1 is 1.47 bits per heavy atom. The molecule has 0 spiro atoms. The highest BCUT2D eigenvalue weighted by Crippen LogP contribution is 2.19. The minimum Gasteiger partial charge on any atom is -0.353 e. The van der Waals surface area contributed by atoms with E-state index in [1.165, 1.54) is 12.8 Å². The van der Waals surface area contributed by atoms with E-state index in [-0.39, 0.29) is 11.4 Å². The summed E-state index contributed by atoms with van der Waals surface area (Å²) in [6, 6.07) is -0.417. The van der Waals surface area contributed by atoms with Gasteiger partial charge in [0.2, 0.25) is 5.91 Å². The maximum Gasteiger partial charge on any atom is 0.236 e. The van der Waals surface area contributed by atoms with Crippen molar-refractivity contribution in [2.75, 3.05) is 19.6 Å². The first-order valence-corrected chi connectivity index (χ1v) is 5.72. The fourth-order valence-corrected chi connectivity index (χ4v) is 1.90. The predicted octanol–water partition coefficient (Wildman–Crippen LogP) is 0.324. The molecule has 3 N–H and O–H groups in total. The van der Waals surface area contributed by atoms with Gasteiger partial charge in [0.05, 0.1) is 6.04 Å². The molecule has 0 aromatic carbocycles. The van der Waals surface area contributed by atoms with Gasteiger partial charge < -0.3 is 11.1 Å². The van der Waals surface area contributed by atoms with E-state index in [4.69, 9.17) is 5.73 Å². The van der Waals surface area contributed by atoms with Crippen LogP contribution in [-0.2, 0) is 4.79 Å². The van der Waals surface area contributed by atoms with E-state index in [1.807, 2.05) is 0 Å². The monoisotopic (exact) mass is 213 g/mol. The molecule has 1 aliphatic rings.